The molecule has 2 radical (unpaired) electrons. The Morgan fingerprint density at radius 1 is 0.471 bits per heavy atom. The van der Waals surface area contributed by atoms with Crippen LogP contribution < -0.4 is 0 Å². The van der Waals surface area contributed by atoms with Gasteiger partial charge in [0.15, 0.2) is 0 Å². The monoisotopic (exact) mass is 348 g/mol. The van der Waals surface area contributed by atoms with E-state index >= 15 is 0 Å². The maximum absolute atomic E-state index is 2.29. The minimum atomic E-state index is 0.149. The van der Waals surface area contributed by atoms with E-state index in [-0.39, 0.29) is 21.1 Å². The van der Waals surface area contributed by atoms with Crippen LogP contribution in [0.2, 0.25) is 8.87 Å². The molecule has 0 spiro atoms. The van der Waals surface area contributed by atoms with E-state index in [1.54, 1.807) is 8.87 Å². The average Bonchev–Trinajstić information content (AvgIpc) is 2.36. The van der Waals surface area contributed by atoms with E-state index in [0.29, 0.717) is 0 Å². The molecule has 0 saturated carbocycles. The Hall–Kier alpha value is 0.799. The minimum absolute atomic E-state index is 0.149. The van der Waals surface area contributed by atoms with E-state index in [4.69, 9.17) is 0 Å². The van der Waals surface area contributed by atoms with Crippen molar-refractivity contribution in [2.24, 2.45) is 0 Å². The summed E-state index contributed by atoms with van der Waals surface area (Å²) < 4.78 is 3.25. The summed E-state index contributed by atoms with van der Waals surface area (Å²) in [6.07, 6.45) is 14.3. The van der Waals surface area contributed by atoms with E-state index < -0.39 is 0 Å². The van der Waals surface area contributed by atoms with Crippen molar-refractivity contribution in [1.82, 2.24) is 0 Å². The van der Waals surface area contributed by atoms with Gasteiger partial charge in [-0.2, -0.15) is 0 Å². The van der Waals surface area contributed by atoms with Crippen LogP contribution in [0.25, 0.3) is 0 Å². The zero-order valence-electron chi connectivity index (χ0n) is 13.0. The Morgan fingerprint density at radius 3 is 1.12 bits per heavy atom. The second-order valence-corrected chi connectivity index (χ2v) is 9.15. The molecule has 104 valence electrons. The first-order valence-corrected chi connectivity index (χ1v) is 12.1. The van der Waals surface area contributed by atoms with Crippen molar-refractivity contribution in [1.29, 1.82) is 0 Å². The Bertz CT molecular complexity index is 89.7. The quantitative estimate of drug-likeness (QED) is 0.296. The van der Waals surface area contributed by atoms with Crippen LogP contribution in [0.1, 0.15) is 91.9 Å². The third-order valence-corrected chi connectivity index (χ3v) is 6.91. The van der Waals surface area contributed by atoms with Crippen LogP contribution in [0, 0.1) is 0 Å². The Kier molecular flexibility index (Phi) is 26.1. The molecule has 0 aliphatic rings. The van der Waals surface area contributed by atoms with Crippen molar-refractivity contribution < 1.29 is 0 Å². The summed E-state index contributed by atoms with van der Waals surface area (Å²) >= 11 is 0.149. The normalized spacial score (nSPS) is 9.88. The molecule has 0 nitrogen and oxygen atoms in total. The molecule has 0 unspecified atom stereocenters. The van der Waals surface area contributed by atoms with Gasteiger partial charge in [0.25, 0.3) is 0 Å². The van der Waals surface area contributed by atoms with Gasteiger partial charge < -0.3 is 0 Å². The molecule has 0 aromatic rings. The van der Waals surface area contributed by atoms with Crippen molar-refractivity contribution in [3.05, 3.63) is 0 Å². The fourth-order valence-electron chi connectivity index (χ4n) is 1.58. The number of hydrogen-bond acceptors (Lipinski definition) is 0. The average molecular weight is 347 g/mol. The molecule has 0 N–H and O–H groups in total. The molecule has 0 aliphatic heterocycles. The van der Waals surface area contributed by atoms with Crippen LogP contribution in [0.5, 0.6) is 0 Å². The van der Waals surface area contributed by atoms with Gasteiger partial charge in [0.05, 0.1) is 0 Å². The van der Waals surface area contributed by atoms with Crippen molar-refractivity contribution in [2.45, 2.75) is 101 Å². The van der Waals surface area contributed by atoms with Gasteiger partial charge in [-0.1, -0.05) is 52.4 Å². The summed E-state index contributed by atoms with van der Waals surface area (Å²) in [7, 11) is 0. The fraction of sp³-hybridized carbons (Fsp3) is 1.00. The molecule has 0 bridgehead atoms. The number of unbranched alkanes of at least 4 members (excludes halogenated alkanes) is 7. The summed E-state index contributed by atoms with van der Waals surface area (Å²) in [6, 6.07) is 0. The zero-order valence-corrected chi connectivity index (χ0v) is 15.8. The summed E-state index contributed by atoms with van der Waals surface area (Å²) in [5.41, 5.74) is 0. The molecular formula is C16H36Sn. The van der Waals surface area contributed by atoms with Crippen molar-refractivity contribution in [2.75, 3.05) is 0 Å². The first-order valence-electron chi connectivity index (χ1n) is 8.04. The number of hydrogen-bond donors (Lipinski definition) is 0. The van der Waals surface area contributed by atoms with Crippen molar-refractivity contribution in [3.63, 3.8) is 0 Å². The van der Waals surface area contributed by atoms with E-state index in [1.165, 1.54) is 64.2 Å². The molecule has 0 heterocycles. The third-order valence-electron chi connectivity index (χ3n) is 2.87. The van der Waals surface area contributed by atoms with Gasteiger partial charge in [-0.15, -0.1) is 0 Å². The van der Waals surface area contributed by atoms with E-state index in [0.717, 1.165) is 0 Å². The summed E-state index contributed by atoms with van der Waals surface area (Å²) in [5, 5.41) is 0. The standard InChI is InChI=1S/C8H18.2C4H9.Sn/c1-3-5-7-8-6-4-2;2*1-3-4-2;/h3-8H2,1-2H3;2*1,3-4H2,2H3;. The molecule has 1 heteroatoms. The van der Waals surface area contributed by atoms with Crippen molar-refractivity contribution in [3.8, 4) is 0 Å². The predicted octanol–water partition coefficient (Wildman–Crippen LogP) is 6.49. The second kappa shape index (κ2) is 22.0. The van der Waals surface area contributed by atoms with Crippen LogP contribution >= 0.6 is 0 Å². The molecule has 0 aromatic carbocycles. The zero-order chi connectivity index (χ0) is 13.2. The first kappa shape index (κ1) is 20.1. The predicted molar refractivity (Wildman–Crippen MR) is 84.2 cm³/mol. The fourth-order valence-corrected chi connectivity index (χ4v) is 5.74. The molecule has 0 fully saturated rings. The van der Waals surface area contributed by atoms with Gasteiger partial charge in [-0.05, 0) is 0 Å². The Balaban J connectivity index is 0. The van der Waals surface area contributed by atoms with Gasteiger partial charge >= 0.3 is 69.5 Å². The van der Waals surface area contributed by atoms with Crippen LogP contribution in [0.4, 0.5) is 0 Å². The van der Waals surface area contributed by atoms with Crippen LogP contribution in [-0.2, 0) is 0 Å². The van der Waals surface area contributed by atoms with Gasteiger partial charge in [0.1, 0.15) is 0 Å². The molecule has 0 atom stereocenters. The Labute approximate surface area is 122 Å². The van der Waals surface area contributed by atoms with Crippen LogP contribution in [0.3, 0.4) is 0 Å². The molecule has 0 aliphatic carbocycles. The van der Waals surface area contributed by atoms with E-state index in [1.807, 2.05) is 0 Å². The first-order chi connectivity index (χ1) is 8.33. The summed E-state index contributed by atoms with van der Waals surface area (Å²) in [4.78, 5) is 0. The Morgan fingerprint density at radius 2 is 0.824 bits per heavy atom. The van der Waals surface area contributed by atoms with Gasteiger partial charge in [0, 0.05) is 0 Å². The van der Waals surface area contributed by atoms with Gasteiger partial charge in [0.2, 0.25) is 0 Å². The molecular weight excluding hydrogens is 311 g/mol. The molecule has 0 aromatic heterocycles. The molecule has 17 heavy (non-hydrogen) atoms. The maximum atomic E-state index is 2.29. The van der Waals surface area contributed by atoms with E-state index in [9.17, 15) is 0 Å². The molecule has 0 rings (SSSR count). The van der Waals surface area contributed by atoms with Gasteiger partial charge in [-0.3, -0.25) is 0 Å². The number of rotatable bonds is 11. The molecule has 0 saturated heterocycles. The van der Waals surface area contributed by atoms with Gasteiger partial charge in [-0.25, -0.2) is 0 Å². The third kappa shape index (κ3) is 26.4. The summed E-state index contributed by atoms with van der Waals surface area (Å²) in [5.74, 6) is 0. The molecule has 0 amide bonds. The SMILES string of the molecule is CCCCCCCC.CCC[CH2][Sn][CH2]CCC. The summed E-state index contributed by atoms with van der Waals surface area (Å²) in [6.45, 7) is 9.09. The van der Waals surface area contributed by atoms with E-state index in [2.05, 4.69) is 27.7 Å². The van der Waals surface area contributed by atoms with Crippen LogP contribution in [0.15, 0.2) is 0 Å². The van der Waals surface area contributed by atoms with Crippen molar-refractivity contribution >= 4 is 21.1 Å². The second-order valence-electron chi connectivity index (χ2n) is 4.87. The topological polar surface area (TPSA) is 0 Å². The van der Waals surface area contributed by atoms with Crippen LogP contribution in [-0.4, -0.2) is 21.1 Å².